The van der Waals surface area contributed by atoms with Gasteiger partial charge in [-0.25, -0.2) is 4.79 Å². The highest BCUT2D eigenvalue weighted by Gasteiger charge is 2.23. The van der Waals surface area contributed by atoms with E-state index in [1.807, 2.05) is 39.0 Å². The lowest BCUT2D eigenvalue weighted by Crippen LogP contribution is -2.32. The topological polar surface area (TPSA) is 46.5 Å². The van der Waals surface area contributed by atoms with E-state index in [4.69, 9.17) is 9.84 Å². The summed E-state index contributed by atoms with van der Waals surface area (Å²) in [6, 6.07) is 7.41. The van der Waals surface area contributed by atoms with Crippen molar-refractivity contribution >= 4 is 5.97 Å². The molecule has 1 N–H and O–H groups in total. The summed E-state index contributed by atoms with van der Waals surface area (Å²) in [5.41, 5.74) is 0.949. The molecule has 1 aromatic carbocycles. The summed E-state index contributed by atoms with van der Waals surface area (Å²) in [6.07, 6.45) is -0.786. The number of rotatable bonds is 4. The molecule has 0 unspecified atom stereocenters. The van der Waals surface area contributed by atoms with Crippen LogP contribution in [0, 0.1) is 12.8 Å². The Hall–Kier alpha value is -1.51. The van der Waals surface area contributed by atoms with Crippen LogP contribution in [0.3, 0.4) is 0 Å². The second-order valence-electron chi connectivity index (χ2n) is 3.89. The molecule has 0 spiro atoms. The molecule has 0 aliphatic rings. The second kappa shape index (κ2) is 4.82. The van der Waals surface area contributed by atoms with Crippen molar-refractivity contribution < 1.29 is 14.6 Å². The molecule has 0 fully saturated rings. The third-order valence-corrected chi connectivity index (χ3v) is 2.20. The third kappa shape index (κ3) is 2.98. The van der Waals surface area contributed by atoms with Crippen molar-refractivity contribution in [3.8, 4) is 5.75 Å². The summed E-state index contributed by atoms with van der Waals surface area (Å²) < 4.78 is 5.47. The fourth-order valence-corrected chi connectivity index (χ4v) is 1.30. The predicted octanol–water partition coefficient (Wildman–Crippen LogP) is 2.48. The lowest BCUT2D eigenvalue weighted by Gasteiger charge is -2.19. The van der Waals surface area contributed by atoms with Gasteiger partial charge in [-0.1, -0.05) is 32.0 Å². The molecule has 0 aliphatic carbocycles. The first kappa shape index (κ1) is 11.6. The van der Waals surface area contributed by atoms with E-state index in [1.54, 1.807) is 6.07 Å². The molecule has 0 heterocycles. The van der Waals surface area contributed by atoms with E-state index in [0.29, 0.717) is 5.75 Å². The number of carbonyl (C=O) groups is 1. The molecule has 3 nitrogen and oxygen atoms in total. The van der Waals surface area contributed by atoms with Crippen molar-refractivity contribution in [2.75, 3.05) is 0 Å². The molecule has 0 radical (unpaired) electrons. The van der Waals surface area contributed by atoms with Gasteiger partial charge in [0, 0.05) is 5.92 Å². The molecule has 0 aromatic heterocycles. The molecular formula is C12H16O3. The van der Waals surface area contributed by atoms with Crippen molar-refractivity contribution in [1.29, 1.82) is 0 Å². The number of hydrogen-bond acceptors (Lipinski definition) is 2. The molecule has 15 heavy (non-hydrogen) atoms. The smallest absolute Gasteiger partial charge is 0.345 e. The average Bonchev–Trinajstić information content (AvgIpc) is 2.15. The van der Waals surface area contributed by atoms with Gasteiger partial charge in [0.25, 0.3) is 0 Å². The number of aliphatic carboxylic acids is 1. The molecule has 82 valence electrons. The maximum Gasteiger partial charge on any atom is 0.345 e. The molecule has 3 heteroatoms. The first-order valence-corrected chi connectivity index (χ1v) is 4.97. The van der Waals surface area contributed by atoms with Gasteiger partial charge >= 0.3 is 5.97 Å². The lowest BCUT2D eigenvalue weighted by molar-refractivity contribution is -0.147. The normalized spacial score (nSPS) is 12.5. The average molecular weight is 208 g/mol. The largest absolute Gasteiger partial charge is 0.478 e. The maximum atomic E-state index is 10.9. The Morgan fingerprint density at radius 1 is 1.33 bits per heavy atom. The lowest BCUT2D eigenvalue weighted by atomic mass is 10.1. The van der Waals surface area contributed by atoms with E-state index in [0.717, 1.165) is 5.56 Å². The minimum atomic E-state index is -0.923. The predicted molar refractivity (Wildman–Crippen MR) is 58.1 cm³/mol. The summed E-state index contributed by atoms with van der Waals surface area (Å²) in [5, 5.41) is 8.97. The molecule has 0 saturated heterocycles. The summed E-state index contributed by atoms with van der Waals surface area (Å²) in [6.45, 7) is 5.56. The van der Waals surface area contributed by atoms with E-state index in [-0.39, 0.29) is 5.92 Å². The van der Waals surface area contributed by atoms with Gasteiger partial charge in [-0.2, -0.15) is 0 Å². The molecule has 0 aliphatic heterocycles. The number of benzene rings is 1. The Bertz CT molecular complexity index is 344. The van der Waals surface area contributed by atoms with Gasteiger partial charge in [0.2, 0.25) is 0 Å². The van der Waals surface area contributed by atoms with Crippen LogP contribution in [0.5, 0.6) is 5.75 Å². The number of carboxylic acid groups (broad SMARTS) is 1. The standard InChI is InChI=1S/C12H16O3/c1-8(2)11(12(13)14)15-10-7-5-4-6-9(10)3/h4-8,11H,1-3H3,(H,13,14)/t11-/m0/s1. The summed E-state index contributed by atoms with van der Waals surface area (Å²) >= 11 is 0. The number of aryl methyl sites for hydroxylation is 1. The monoisotopic (exact) mass is 208 g/mol. The molecule has 0 bridgehead atoms. The van der Waals surface area contributed by atoms with Crippen LogP contribution in [-0.4, -0.2) is 17.2 Å². The number of carboxylic acids is 1. The second-order valence-corrected chi connectivity index (χ2v) is 3.89. The fourth-order valence-electron chi connectivity index (χ4n) is 1.30. The maximum absolute atomic E-state index is 10.9. The van der Waals surface area contributed by atoms with Crippen molar-refractivity contribution in [3.05, 3.63) is 29.8 Å². The summed E-state index contributed by atoms with van der Waals surface area (Å²) in [4.78, 5) is 10.9. The van der Waals surface area contributed by atoms with Crippen LogP contribution in [0.25, 0.3) is 0 Å². The van der Waals surface area contributed by atoms with Gasteiger partial charge in [-0.05, 0) is 18.6 Å². The first-order chi connectivity index (χ1) is 7.02. The highest BCUT2D eigenvalue weighted by atomic mass is 16.5. The molecule has 0 amide bonds. The van der Waals surface area contributed by atoms with Crippen LogP contribution in [0.15, 0.2) is 24.3 Å². The van der Waals surface area contributed by atoms with Crippen molar-refractivity contribution in [3.63, 3.8) is 0 Å². The molecule has 1 rings (SSSR count). The Kier molecular flexibility index (Phi) is 3.72. The fraction of sp³-hybridized carbons (Fsp3) is 0.417. The highest BCUT2D eigenvalue weighted by Crippen LogP contribution is 2.20. The number of hydrogen-bond donors (Lipinski definition) is 1. The zero-order valence-corrected chi connectivity index (χ0v) is 9.23. The van der Waals surface area contributed by atoms with Crippen LogP contribution in [0.2, 0.25) is 0 Å². The molecule has 0 saturated carbocycles. The van der Waals surface area contributed by atoms with Crippen molar-refractivity contribution in [1.82, 2.24) is 0 Å². The third-order valence-electron chi connectivity index (χ3n) is 2.20. The minimum Gasteiger partial charge on any atom is -0.478 e. The van der Waals surface area contributed by atoms with Gasteiger partial charge in [0.15, 0.2) is 6.10 Å². The van der Waals surface area contributed by atoms with Gasteiger partial charge in [0.1, 0.15) is 5.75 Å². The van der Waals surface area contributed by atoms with E-state index in [2.05, 4.69) is 0 Å². The highest BCUT2D eigenvalue weighted by molar-refractivity contribution is 5.73. The van der Waals surface area contributed by atoms with Crippen LogP contribution in [-0.2, 0) is 4.79 Å². The van der Waals surface area contributed by atoms with Crippen LogP contribution < -0.4 is 4.74 Å². The van der Waals surface area contributed by atoms with Crippen molar-refractivity contribution in [2.45, 2.75) is 26.9 Å². The molecule has 1 aromatic rings. The molecule has 1 atom stereocenters. The Balaban J connectivity index is 2.84. The number of ether oxygens (including phenoxy) is 1. The Morgan fingerprint density at radius 3 is 2.40 bits per heavy atom. The number of para-hydroxylation sites is 1. The van der Waals surface area contributed by atoms with E-state index < -0.39 is 12.1 Å². The summed E-state index contributed by atoms with van der Waals surface area (Å²) in [7, 11) is 0. The summed E-state index contributed by atoms with van der Waals surface area (Å²) in [5.74, 6) is -0.339. The van der Waals surface area contributed by atoms with Gasteiger partial charge < -0.3 is 9.84 Å². The van der Waals surface area contributed by atoms with E-state index in [9.17, 15) is 4.79 Å². The van der Waals surface area contributed by atoms with Crippen molar-refractivity contribution in [2.24, 2.45) is 5.92 Å². The van der Waals surface area contributed by atoms with Crippen LogP contribution in [0.4, 0.5) is 0 Å². The van der Waals surface area contributed by atoms with E-state index >= 15 is 0 Å². The van der Waals surface area contributed by atoms with Gasteiger partial charge in [-0.15, -0.1) is 0 Å². The zero-order valence-electron chi connectivity index (χ0n) is 9.23. The first-order valence-electron chi connectivity index (χ1n) is 4.97. The quantitative estimate of drug-likeness (QED) is 0.826. The van der Waals surface area contributed by atoms with Gasteiger partial charge in [0.05, 0.1) is 0 Å². The SMILES string of the molecule is Cc1ccccc1O[C@H](C(=O)O)C(C)C. The minimum absolute atomic E-state index is 0.0536. The zero-order chi connectivity index (χ0) is 11.4. The van der Waals surface area contributed by atoms with Crippen LogP contribution in [0.1, 0.15) is 19.4 Å². The van der Waals surface area contributed by atoms with Crippen LogP contribution >= 0.6 is 0 Å². The van der Waals surface area contributed by atoms with E-state index in [1.165, 1.54) is 0 Å². The Labute approximate surface area is 89.7 Å². The Morgan fingerprint density at radius 2 is 1.93 bits per heavy atom. The molecular weight excluding hydrogens is 192 g/mol. The van der Waals surface area contributed by atoms with Gasteiger partial charge in [-0.3, -0.25) is 0 Å².